The molecule has 5 aliphatic heterocycles. The summed E-state index contributed by atoms with van der Waals surface area (Å²) in [6.45, 7) is 7.71. The van der Waals surface area contributed by atoms with Crippen LogP contribution in [-0.4, -0.2) is 140 Å². The first-order valence-corrected chi connectivity index (χ1v) is 17.8. The first-order valence-electron chi connectivity index (χ1n) is 17.8. The van der Waals surface area contributed by atoms with Crippen molar-refractivity contribution >= 4 is 23.7 Å². The number of aliphatic hydroxyl groups excluding tert-OH is 1. The van der Waals surface area contributed by atoms with E-state index >= 15 is 0 Å². The highest BCUT2D eigenvalue weighted by Gasteiger charge is 2.72. The molecule has 5 aliphatic rings. The number of nitrogens with zero attached hydrogens (tertiary/aromatic N) is 3. The van der Waals surface area contributed by atoms with Crippen LogP contribution >= 0.6 is 0 Å². The molecule has 6 rings (SSSR count). The normalized spacial score (nSPS) is 33.5. The minimum atomic E-state index is -1.49. The number of allylic oxidation sites excluding steroid dienone is 1. The van der Waals surface area contributed by atoms with Gasteiger partial charge in [0, 0.05) is 46.3 Å². The third-order valence-corrected chi connectivity index (χ3v) is 10.7. The summed E-state index contributed by atoms with van der Waals surface area (Å²) in [5, 5.41) is 13.6. The van der Waals surface area contributed by atoms with Gasteiger partial charge in [-0.05, 0) is 17.9 Å². The van der Waals surface area contributed by atoms with Crippen molar-refractivity contribution in [1.29, 1.82) is 0 Å². The van der Waals surface area contributed by atoms with Crippen LogP contribution in [0.2, 0.25) is 0 Å². The van der Waals surface area contributed by atoms with E-state index in [1.807, 2.05) is 50.3 Å². The lowest BCUT2D eigenvalue weighted by Gasteiger charge is -2.40. The molecule has 0 bridgehead atoms. The number of nitrogens with one attached hydrogen (secondary N) is 1. The summed E-state index contributed by atoms with van der Waals surface area (Å²) < 4.78 is 24.1. The highest BCUT2D eigenvalue weighted by Crippen LogP contribution is 2.54. The lowest BCUT2D eigenvalue weighted by molar-refractivity contribution is -0.163. The predicted molar refractivity (Wildman–Crippen MR) is 181 cm³/mol. The molecule has 13 nitrogen and oxygen atoms in total. The van der Waals surface area contributed by atoms with Gasteiger partial charge in [-0.1, -0.05) is 68.5 Å². The molecule has 1 spiro atoms. The van der Waals surface area contributed by atoms with Gasteiger partial charge in [-0.15, -0.1) is 0 Å². The van der Waals surface area contributed by atoms with Gasteiger partial charge >= 0.3 is 5.97 Å². The van der Waals surface area contributed by atoms with E-state index in [4.69, 9.17) is 18.9 Å². The molecule has 8 atom stereocenters. The lowest BCUT2D eigenvalue weighted by Crippen LogP contribution is -2.59. The van der Waals surface area contributed by atoms with Crippen molar-refractivity contribution in [2.24, 2.45) is 17.8 Å². The van der Waals surface area contributed by atoms with Crippen LogP contribution in [0.3, 0.4) is 0 Å². The monoisotopic (exact) mass is 694 g/mol. The van der Waals surface area contributed by atoms with Gasteiger partial charge < -0.3 is 39.2 Å². The third-order valence-electron chi connectivity index (χ3n) is 10.7. The predicted octanol–water partition coefficient (Wildman–Crippen LogP) is 1.08. The molecule has 0 unspecified atom stereocenters. The summed E-state index contributed by atoms with van der Waals surface area (Å²) in [5.74, 6) is -4.03. The summed E-state index contributed by atoms with van der Waals surface area (Å²) in [7, 11) is 1.51. The standard InChI is InChI=1S/C37H50N4O9/c1-24(2)27(22-42)41-33-35(45)40(17-16-39-18-20-48-21-19-39)15-9-14-37(33)31(34(41)44)30-28(50-37)12-7-8-13-29(43)38-26(23-47-3)32(49-36(30)46)25-10-5-4-6-11-25/h4-7,9-12,14,24,26-28,30-33,42H,8,13,15-23H2,1-3H3,(H,38,43)/b12-7-/t26-,27+,28-,30+,31+,32-,33-,37+/m1/s1. The Hall–Kier alpha value is -3.62. The summed E-state index contributed by atoms with van der Waals surface area (Å²) in [5.41, 5.74) is -0.843. The SMILES string of the molecule is COC[C@H]1NC(=O)CC/C=C\[C@H]2O[C@]34C=CCN(CCN5CCOCC5)C(=O)[C@H]3N([C@@H](CO)C(C)C)C(=O)[C@@H]4[C@H]2C(=O)O[C@@H]1c1ccccc1. The van der Waals surface area contributed by atoms with Crippen LogP contribution in [0.1, 0.15) is 38.4 Å². The van der Waals surface area contributed by atoms with E-state index in [0.29, 0.717) is 44.8 Å². The number of amides is 3. The fourth-order valence-electron chi connectivity index (χ4n) is 8.14. The summed E-state index contributed by atoms with van der Waals surface area (Å²) in [6.07, 6.45) is 5.86. The Morgan fingerprint density at radius 3 is 2.50 bits per heavy atom. The molecule has 1 aromatic rings. The number of likely N-dealkylation sites (tertiary alicyclic amines) is 1. The van der Waals surface area contributed by atoms with Crippen molar-refractivity contribution in [1.82, 2.24) is 20.0 Å². The van der Waals surface area contributed by atoms with E-state index in [1.165, 1.54) is 12.0 Å². The highest BCUT2D eigenvalue weighted by atomic mass is 16.6. The van der Waals surface area contributed by atoms with Gasteiger partial charge in [0.25, 0.3) is 0 Å². The molecule has 1 aromatic carbocycles. The van der Waals surface area contributed by atoms with Crippen molar-refractivity contribution in [3.63, 3.8) is 0 Å². The zero-order chi connectivity index (χ0) is 35.4. The van der Waals surface area contributed by atoms with Gasteiger partial charge in [0.1, 0.15) is 23.7 Å². The number of methoxy groups -OCH3 is 1. The summed E-state index contributed by atoms with van der Waals surface area (Å²) >= 11 is 0. The molecule has 272 valence electrons. The zero-order valence-electron chi connectivity index (χ0n) is 29.1. The number of esters is 1. The van der Waals surface area contributed by atoms with Gasteiger partial charge in [-0.3, -0.25) is 24.1 Å². The van der Waals surface area contributed by atoms with Crippen LogP contribution in [0, 0.1) is 17.8 Å². The number of carbonyl (C=O) groups excluding carboxylic acids is 4. The minimum Gasteiger partial charge on any atom is -0.455 e. The number of hydrogen-bond donors (Lipinski definition) is 2. The Balaban J connectivity index is 1.40. The average molecular weight is 695 g/mol. The second kappa shape index (κ2) is 15.7. The number of rotatable bonds is 9. The molecule has 2 N–H and O–H groups in total. The molecule has 0 aliphatic carbocycles. The maximum absolute atomic E-state index is 14.9. The Kier molecular flexibility index (Phi) is 11.4. The maximum Gasteiger partial charge on any atom is 0.313 e. The molecule has 0 aromatic heterocycles. The van der Waals surface area contributed by atoms with Crippen LogP contribution in [0.15, 0.2) is 54.6 Å². The molecule has 5 heterocycles. The van der Waals surface area contributed by atoms with Crippen molar-refractivity contribution in [2.45, 2.75) is 62.6 Å². The van der Waals surface area contributed by atoms with E-state index in [1.54, 1.807) is 23.1 Å². The van der Waals surface area contributed by atoms with Crippen LogP contribution < -0.4 is 5.32 Å². The van der Waals surface area contributed by atoms with Gasteiger partial charge in [-0.25, -0.2) is 0 Å². The molecule has 3 saturated heterocycles. The average Bonchev–Trinajstić information content (AvgIpc) is 3.50. The number of hydrogen-bond acceptors (Lipinski definition) is 10. The van der Waals surface area contributed by atoms with E-state index in [9.17, 15) is 24.3 Å². The molecule has 0 saturated carbocycles. The summed E-state index contributed by atoms with van der Waals surface area (Å²) in [6, 6.07) is 6.60. The van der Waals surface area contributed by atoms with Crippen molar-refractivity contribution in [3.05, 3.63) is 60.2 Å². The van der Waals surface area contributed by atoms with E-state index < -0.39 is 59.6 Å². The number of aliphatic hydroxyl groups is 1. The number of carbonyl (C=O) groups is 4. The molecule has 3 amide bonds. The Morgan fingerprint density at radius 1 is 1.04 bits per heavy atom. The fraction of sp³-hybridized carbons (Fsp3) is 0.622. The van der Waals surface area contributed by atoms with Crippen LogP contribution in [0.4, 0.5) is 0 Å². The first kappa shape index (κ1) is 36.2. The molecule has 0 radical (unpaired) electrons. The number of fused-ring (bicyclic) bond motifs is 2. The molecule has 50 heavy (non-hydrogen) atoms. The quantitative estimate of drug-likeness (QED) is 0.285. The second-order valence-corrected chi connectivity index (χ2v) is 14.1. The first-order chi connectivity index (χ1) is 24.2. The van der Waals surface area contributed by atoms with Crippen LogP contribution in [-0.2, 0) is 38.1 Å². The maximum atomic E-state index is 14.9. The van der Waals surface area contributed by atoms with Crippen molar-refractivity contribution in [3.8, 4) is 0 Å². The number of morpholine rings is 1. The van der Waals surface area contributed by atoms with E-state index in [-0.39, 0.29) is 37.4 Å². The minimum absolute atomic E-state index is 0.0747. The fourth-order valence-corrected chi connectivity index (χ4v) is 8.14. The topological polar surface area (TPSA) is 147 Å². The smallest absolute Gasteiger partial charge is 0.313 e. The van der Waals surface area contributed by atoms with Crippen molar-refractivity contribution in [2.75, 3.05) is 66.3 Å². The number of cyclic esters (lactones) is 1. The Bertz CT molecular complexity index is 1450. The van der Waals surface area contributed by atoms with E-state index in [2.05, 4.69) is 10.2 Å². The summed E-state index contributed by atoms with van der Waals surface area (Å²) in [4.78, 5) is 62.7. The van der Waals surface area contributed by atoms with Gasteiger partial charge in [-0.2, -0.15) is 0 Å². The van der Waals surface area contributed by atoms with Crippen molar-refractivity contribution < 1.29 is 43.2 Å². The molecular weight excluding hydrogens is 644 g/mol. The van der Waals surface area contributed by atoms with Gasteiger partial charge in [0.05, 0.1) is 50.5 Å². The largest absolute Gasteiger partial charge is 0.455 e. The molecule has 13 heteroatoms. The van der Waals surface area contributed by atoms with E-state index in [0.717, 1.165) is 13.1 Å². The van der Waals surface area contributed by atoms with Crippen LogP contribution in [0.25, 0.3) is 0 Å². The molecule has 3 fully saturated rings. The number of benzene rings is 1. The van der Waals surface area contributed by atoms with Gasteiger partial charge in [0.15, 0.2) is 0 Å². The Labute approximate surface area is 293 Å². The van der Waals surface area contributed by atoms with Crippen LogP contribution in [0.5, 0.6) is 0 Å². The lowest BCUT2D eigenvalue weighted by atomic mass is 9.77. The number of ether oxygens (including phenoxy) is 4. The molecular formula is C37H50N4O9. The Morgan fingerprint density at radius 2 is 1.80 bits per heavy atom. The third kappa shape index (κ3) is 6.98. The van der Waals surface area contributed by atoms with Gasteiger partial charge in [0.2, 0.25) is 17.7 Å². The second-order valence-electron chi connectivity index (χ2n) is 14.1. The zero-order valence-corrected chi connectivity index (χ0v) is 29.1. The highest BCUT2D eigenvalue weighted by molar-refractivity contribution is 5.99.